The third kappa shape index (κ3) is 32.5. The van der Waals surface area contributed by atoms with Crippen molar-refractivity contribution in [2.24, 2.45) is 5.73 Å². The van der Waals surface area contributed by atoms with Crippen molar-refractivity contribution in [3.05, 3.63) is 12.2 Å². The first-order valence-electron chi connectivity index (χ1n) is 18.2. The van der Waals surface area contributed by atoms with E-state index in [0.29, 0.717) is 6.42 Å². The van der Waals surface area contributed by atoms with Gasteiger partial charge in [-0.05, 0) is 38.5 Å². The predicted molar refractivity (Wildman–Crippen MR) is 183 cm³/mol. The summed E-state index contributed by atoms with van der Waals surface area (Å²) in [5, 5.41) is 0. The normalized spacial score (nSPS) is 13.6. The molecule has 0 bridgehead atoms. The van der Waals surface area contributed by atoms with Crippen molar-refractivity contribution in [1.29, 1.82) is 0 Å². The summed E-state index contributed by atoms with van der Waals surface area (Å²) >= 11 is 0. The number of allylic oxidation sites excluding steroid dienone is 2. The van der Waals surface area contributed by atoms with E-state index in [0.717, 1.165) is 57.8 Å². The first-order chi connectivity index (χ1) is 21.8. The molecule has 0 aromatic carbocycles. The van der Waals surface area contributed by atoms with Gasteiger partial charge in [-0.3, -0.25) is 18.6 Å². The molecule has 266 valence electrons. The van der Waals surface area contributed by atoms with Crippen LogP contribution in [-0.2, 0) is 32.7 Å². The molecule has 9 nitrogen and oxygen atoms in total. The van der Waals surface area contributed by atoms with Crippen LogP contribution in [0.2, 0.25) is 0 Å². The van der Waals surface area contributed by atoms with Crippen LogP contribution >= 0.6 is 7.82 Å². The zero-order valence-corrected chi connectivity index (χ0v) is 29.8. The van der Waals surface area contributed by atoms with Gasteiger partial charge in [0.05, 0.1) is 13.2 Å². The zero-order chi connectivity index (χ0) is 33.3. The maximum Gasteiger partial charge on any atom is 0.472 e. The van der Waals surface area contributed by atoms with E-state index in [2.05, 4.69) is 26.0 Å². The van der Waals surface area contributed by atoms with Crippen LogP contribution in [-0.4, -0.2) is 49.3 Å². The highest BCUT2D eigenvalue weighted by Crippen LogP contribution is 2.43. The highest BCUT2D eigenvalue weighted by molar-refractivity contribution is 7.47. The van der Waals surface area contributed by atoms with E-state index in [9.17, 15) is 19.0 Å². The molecule has 2 atom stereocenters. The first-order valence-corrected chi connectivity index (χ1v) is 19.7. The van der Waals surface area contributed by atoms with E-state index >= 15 is 0 Å². The lowest BCUT2D eigenvalue weighted by Gasteiger charge is -2.19. The fourth-order valence-electron chi connectivity index (χ4n) is 4.92. The number of esters is 2. The molecule has 0 aliphatic heterocycles. The maximum absolute atomic E-state index is 12.4. The number of nitrogens with two attached hydrogens (primary N) is 1. The standard InChI is InChI=1S/C35H68NO8P/c1-3-5-7-9-11-13-14-15-16-17-18-20-21-23-25-27-34(37)41-31-33(32-43-45(39,40)42-30-29-36)44-35(38)28-26-24-22-19-12-10-8-6-4-2/h15-16,33H,3-14,17-32,36H2,1-2H3,(H,39,40)/b16-15+/t33-/m0/s1. The van der Waals surface area contributed by atoms with Gasteiger partial charge in [0.15, 0.2) is 6.10 Å². The van der Waals surface area contributed by atoms with E-state index in [1.807, 2.05) is 0 Å². The number of unbranched alkanes of at least 4 members (excludes halogenated alkanes) is 19. The summed E-state index contributed by atoms with van der Waals surface area (Å²) in [6.45, 7) is 3.68. The molecule has 0 heterocycles. The van der Waals surface area contributed by atoms with Gasteiger partial charge in [-0.25, -0.2) is 4.57 Å². The molecule has 0 saturated heterocycles. The second-order valence-electron chi connectivity index (χ2n) is 12.1. The zero-order valence-electron chi connectivity index (χ0n) is 28.9. The summed E-state index contributed by atoms with van der Waals surface area (Å²) in [5.41, 5.74) is 5.32. The molecule has 0 aromatic heterocycles. The Hall–Kier alpha value is -1.25. The van der Waals surface area contributed by atoms with Crippen molar-refractivity contribution in [1.82, 2.24) is 0 Å². The Bertz CT molecular complexity index is 764. The minimum atomic E-state index is -4.36. The Morgan fingerprint density at radius 1 is 0.644 bits per heavy atom. The average molecular weight is 662 g/mol. The molecular weight excluding hydrogens is 593 g/mol. The monoisotopic (exact) mass is 661 g/mol. The van der Waals surface area contributed by atoms with Gasteiger partial charge >= 0.3 is 19.8 Å². The molecule has 0 aliphatic carbocycles. The van der Waals surface area contributed by atoms with E-state index < -0.39 is 26.5 Å². The molecule has 0 aliphatic rings. The predicted octanol–water partition coefficient (Wildman–Crippen LogP) is 9.49. The second-order valence-corrected chi connectivity index (χ2v) is 13.5. The highest BCUT2D eigenvalue weighted by Gasteiger charge is 2.25. The quantitative estimate of drug-likeness (QED) is 0.0299. The minimum absolute atomic E-state index is 0.0546. The fraction of sp³-hybridized carbons (Fsp3) is 0.886. The Morgan fingerprint density at radius 2 is 1.09 bits per heavy atom. The number of hydrogen-bond donors (Lipinski definition) is 2. The molecule has 3 N–H and O–H groups in total. The van der Waals surface area contributed by atoms with Crippen molar-refractivity contribution in [2.45, 2.75) is 174 Å². The fourth-order valence-corrected chi connectivity index (χ4v) is 5.69. The van der Waals surface area contributed by atoms with Crippen LogP contribution in [0.4, 0.5) is 0 Å². The Labute approximate surface area is 275 Å². The van der Waals surface area contributed by atoms with E-state index in [1.165, 1.54) is 77.0 Å². The Morgan fingerprint density at radius 3 is 1.58 bits per heavy atom. The Kier molecular flexibility index (Phi) is 31.8. The number of hydrogen-bond acceptors (Lipinski definition) is 8. The van der Waals surface area contributed by atoms with Gasteiger partial charge in [0.2, 0.25) is 0 Å². The minimum Gasteiger partial charge on any atom is -0.462 e. The summed E-state index contributed by atoms with van der Waals surface area (Å²) in [6, 6.07) is 0. The van der Waals surface area contributed by atoms with Gasteiger partial charge in [-0.15, -0.1) is 0 Å². The van der Waals surface area contributed by atoms with Gasteiger partial charge in [-0.1, -0.05) is 129 Å². The summed E-state index contributed by atoms with van der Waals surface area (Å²) in [5.74, 6) is -0.838. The van der Waals surface area contributed by atoms with Crippen molar-refractivity contribution >= 4 is 19.8 Å². The molecule has 0 spiro atoms. The summed E-state index contributed by atoms with van der Waals surface area (Å²) in [4.78, 5) is 34.5. The summed E-state index contributed by atoms with van der Waals surface area (Å²) in [7, 11) is -4.36. The van der Waals surface area contributed by atoms with Gasteiger partial charge in [0, 0.05) is 19.4 Å². The smallest absolute Gasteiger partial charge is 0.462 e. The van der Waals surface area contributed by atoms with Crippen LogP contribution in [0.15, 0.2) is 12.2 Å². The van der Waals surface area contributed by atoms with Crippen molar-refractivity contribution in [3.63, 3.8) is 0 Å². The van der Waals surface area contributed by atoms with Crippen LogP contribution in [0.1, 0.15) is 168 Å². The van der Waals surface area contributed by atoms with Gasteiger partial charge < -0.3 is 20.1 Å². The number of ether oxygens (including phenoxy) is 2. The van der Waals surface area contributed by atoms with Gasteiger partial charge in [-0.2, -0.15) is 0 Å². The topological polar surface area (TPSA) is 134 Å². The summed E-state index contributed by atoms with van der Waals surface area (Å²) < 4.78 is 32.5. The molecule has 0 radical (unpaired) electrons. The molecule has 0 rings (SSSR count). The Balaban J connectivity index is 4.21. The van der Waals surface area contributed by atoms with Crippen molar-refractivity contribution < 1.29 is 37.6 Å². The third-order valence-electron chi connectivity index (χ3n) is 7.65. The molecule has 1 unspecified atom stereocenters. The number of carbonyl (C=O) groups excluding carboxylic acids is 2. The van der Waals surface area contributed by atoms with Crippen molar-refractivity contribution in [2.75, 3.05) is 26.4 Å². The molecule has 0 saturated carbocycles. The summed E-state index contributed by atoms with van der Waals surface area (Å²) in [6.07, 6.45) is 29.6. The molecule has 45 heavy (non-hydrogen) atoms. The SMILES string of the molecule is CCCCCCCC/C=C/CCCCCCCC(=O)OC[C@@H](COP(=O)(O)OCCN)OC(=O)CCCCCCCCCCC. The van der Waals surface area contributed by atoms with E-state index in [4.69, 9.17) is 24.3 Å². The second kappa shape index (κ2) is 32.7. The number of carbonyl (C=O) groups is 2. The van der Waals surface area contributed by atoms with Crippen LogP contribution in [0, 0.1) is 0 Å². The number of rotatable bonds is 34. The molecule has 0 fully saturated rings. The van der Waals surface area contributed by atoms with Crippen LogP contribution in [0.5, 0.6) is 0 Å². The lowest BCUT2D eigenvalue weighted by Crippen LogP contribution is -2.29. The molecule has 0 amide bonds. The third-order valence-corrected chi connectivity index (χ3v) is 8.64. The van der Waals surface area contributed by atoms with Gasteiger partial charge in [0.25, 0.3) is 0 Å². The molecule has 0 aromatic rings. The van der Waals surface area contributed by atoms with Crippen LogP contribution < -0.4 is 5.73 Å². The molecule has 10 heteroatoms. The molecular formula is C35H68NO8P. The van der Waals surface area contributed by atoms with Crippen LogP contribution in [0.25, 0.3) is 0 Å². The number of phosphoric acid groups is 1. The lowest BCUT2D eigenvalue weighted by molar-refractivity contribution is -0.161. The lowest BCUT2D eigenvalue weighted by atomic mass is 10.1. The number of phosphoric ester groups is 1. The van der Waals surface area contributed by atoms with E-state index in [-0.39, 0.29) is 38.6 Å². The average Bonchev–Trinajstić information content (AvgIpc) is 3.02. The van der Waals surface area contributed by atoms with E-state index in [1.54, 1.807) is 0 Å². The van der Waals surface area contributed by atoms with Crippen molar-refractivity contribution in [3.8, 4) is 0 Å². The maximum atomic E-state index is 12.4. The van der Waals surface area contributed by atoms with Gasteiger partial charge in [0.1, 0.15) is 6.61 Å². The largest absolute Gasteiger partial charge is 0.472 e. The first kappa shape index (κ1) is 43.8. The van der Waals surface area contributed by atoms with Crippen LogP contribution in [0.3, 0.4) is 0 Å². The highest BCUT2D eigenvalue weighted by atomic mass is 31.2.